The summed E-state index contributed by atoms with van der Waals surface area (Å²) < 4.78 is 0. The van der Waals surface area contributed by atoms with E-state index < -0.39 is 5.97 Å². The summed E-state index contributed by atoms with van der Waals surface area (Å²) in [5, 5.41) is 8.88. The predicted octanol–water partition coefficient (Wildman–Crippen LogP) is 2.14. The first-order valence-electron chi connectivity index (χ1n) is 6.03. The number of hydrogen-bond donors (Lipinski definition) is 1. The molecule has 1 N–H and O–H groups in total. The van der Waals surface area contributed by atoms with E-state index in [1.54, 1.807) is 48.0 Å². The Balaban J connectivity index is 2.95. The van der Waals surface area contributed by atoms with Crippen molar-refractivity contribution in [2.45, 2.75) is 19.4 Å². The van der Waals surface area contributed by atoms with Crippen LogP contribution in [-0.2, 0) is 11.2 Å². The van der Waals surface area contributed by atoms with E-state index in [9.17, 15) is 9.59 Å². The number of amides is 1. The summed E-state index contributed by atoms with van der Waals surface area (Å²) in [6.45, 7) is 1.98. The van der Waals surface area contributed by atoms with Crippen LogP contribution in [0, 0.1) is 0 Å². The second-order valence-electron chi connectivity index (χ2n) is 4.45. The molecule has 0 aromatic heterocycles. The lowest BCUT2D eigenvalue weighted by atomic mass is 10.0. The summed E-state index contributed by atoms with van der Waals surface area (Å²) >= 11 is 1.68. The summed E-state index contributed by atoms with van der Waals surface area (Å²) in [5.41, 5.74) is 1.03. The Morgan fingerprint density at radius 2 is 2.00 bits per heavy atom. The summed E-state index contributed by atoms with van der Waals surface area (Å²) in [6, 6.07) is 6.99. The largest absolute Gasteiger partial charge is 0.481 e. The number of hydrogen-bond acceptors (Lipinski definition) is 3. The number of aliphatic carboxylic acids is 1. The van der Waals surface area contributed by atoms with Crippen LogP contribution >= 0.6 is 11.8 Å². The van der Waals surface area contributed by atoms with Gasteiger partial charge in [-0.05, 0) is 24.8 Å². The maximum Gasteiger partial charge on any atom is 0.307 e. The van der Waals surface area contributed by atoms with Gasteiger partial charge >= 0.3 is 5.97 Å². The maximum absolute atomic E-state index is 12.4. The number of carbonyl (C=O) groups excluding carboxylic acids is 1. The van der Waals surface area contributed by atoms with Crippen molar-refractivity contribution in [3.63, 3.8) is 0 Å². The fraction of sp³-hybridized carbons (Fsp3) is 0.429. The number of carbonyl (C=O) groups is 2. The third-order valence-electron chi connectivity index (χ3n) is 2.98. The van der Waals surface area contributed by atoms with Crippen LogP contribution in [0.3, 0.4) is 0 Å². The fourth-order valence-corrected chi connectivity index (χ4v) is 2.50. The van der Waals surface area contributed by atoms with Gasteiger partial charge in [-0.3, -0.25) is 9.59 Å². The molecule has 1 aromatic rings. The summed E-state index contributed by atoms with van der Waals surface area (Å²) in [7, 11) is 1.75. The Kier molecular flexibility index (Phi) is 5.89. The molecule has 0 aliphatic heterocycles. The van der Waals surface area contributed by atoms with Crippen molar-refractivity contribution in [2.24, 2.45) is 0 Å². The van der Waals surface area contributed by atoms with E-state index >= 15 is 0 Å². The predicted molar refractivity (Wildman–Crippen MR) is 77.7 cm³/mol. The molecule has 19 heavy (non-hydrogen) atoms. The molecule has 0 saturated heterocycles. The van der Waals surface area contributed by atoms with Crippen LogP contribution in [0.25, 0.3) is 0 Å². The molecule has 1 atom stereocenters. The van der Waals surface area contributed by atoms with E-state index in [1.807, 2.05) is 13.2 Å². The first-order valence-corrected chi connectivity index (χ1v) is 7.42. The molecule has 1 unspecified atom stereocenters. The van der Waals surface area contributed by atoms with Crippen molar-refractivity contribution in [1.29, 1.82) is 0 Å². The minimum absolute atomic E-state index is 0.111. The minimum Gasteiger partial charge on any atom is -0.481 e. The Bertz CT molecular complexity index is 462. The fourth-order valence-electron chi connectivity index (χ4n) is 1.79. The highest BCUT2D eigenvalue weighted by atomic mass is 32.2. The third kappa shape index (κ3) is 4.28. The van der Waals surface area contributed by atoms with Gasteiger partial charge in [0.25, 0.3) is 5.91 Å². The zero-order chi connectivity index (χ0) is 14.4. The summed E-state index contributed by atoms with van der Waals surface area (Å²) in [6.07, 6.45) is 1.86. The van der Waals surface area contributed by atoms with Gasteiger partial charge in [-0.15, -0.1) is 0 Å². The molecule has 1 amide bonds. The lowest BCUT2D eigenvalue weighted by Gasteiger charge is -2.25. The standard InChI is InChI=1S/C14H19NO3S/c1-10(9-19-3)15(2)14(18)12-7-5-4-6-11(12)8-13(16)17/h4-7,10H,8-9H2,1-3H3,(H,16,17). The summed E-state index contributed by atoms with van der Waals surface area (Å²) in [5.74, 6) is -0.206. The minimum atomic E-state index is -0.930. The van der Waals surface area contributed by atoms with Crippen molar-refractivity contribution in [3.05, 3.63) is 35.4 Å². The number of benzene rings is 1. The molecule has 1 rings (SSSR count). The van der Waals surface area contributed by atoms with E-state index in [0.717, 1.165) is 5.75 Å². The van der Waals surface area contributed by atoms with Crippen LogP contribution in [0.4, 0.5) is 0 Å². The number of thioether (sulfide) groups is 1. The molecule has 0 saturated carbocycles. The zero-order valence-electron chi connectivity index (χ0n) is 11.4. The highest BCUT2D eigenvalue weighted by Gasteiger charge is 2.20. The molecule has 0 aliphatic carbocycles. The van der Waals surface area contributed by atoms with Gasteiger partial charge in [-0.25, -0.2) is 0 Å². The third-order valence-corrected chi connectivity index (χ3v) is 3.79. The zero-order valence-corrected chi connectivity index (χ0v) is 12.2. The first-order chi connectivity index (χ1) is 8.97. The van der Waals surface area contributed by atoms with Gasteiger partial charge < -0.3 is 10.0 Å². The van der Waals surface area contributed by atoms with Gasteiger partial charge in [0, 0.05) is 24.4 Å². The van der Waals surface area contributed by atoms with E-state index in [-0.39, 0.29) is 18.4 Å². The van der Waals surface area contributed by atoms with Crippen LogP contribution < -0.4 is 0 Å². The Labute approximate surface area is 117 Å². The molecule has 104 valence electrons. The molecule has 0 heterocycles. The Morgan fingerprint density at radius 3 is 2.58 bits per heavy atom. The second-order valence-corrected chi connectivity index (χ2v) is 5.36. The van der Waals surface area contributed by atoms with Crippen molar-refractivity contribution in [3.8, 4) is 0 Å². The lowest BCUT2D eigenvalue weighted by molar-refractivity contribution is -0.136. The molecule has 0 radical (unpaired) electrons. The molecule has 0 bridgehead atoms. The van der Waals surface area contributed by atoms with Crippen molar-refractivity contribution in [2.75, 3.05) is 19.1 Å². The van der Waals surface area contributed by atoms with Crippen LogP contribution in [-0.4, -0.2) is 47.0 Å². The lowest BCUT2D eigenvalue weighted by Crippen LogP contribution is -2.37. The highest BCUT2D eigenvalue weighted by Crippen LogP contribution is 2.14. The smallest absolute Gasteiger partial charge is 0.307 e. The topological polar surface area (TPSA) is 57.6 Å². The quantitative estimate of drug-likeness (QED) is 0.868. The molecule has 0 spiro atoms. The van der Waals surface area contributed by atoms with Gasteiger partial charge in [-0.1, -0.05) is 18.2 Å². The van der Waals surface area contributed by atoms with Gasteiger partial charge in [-0.2, -0.15) is 11.8 Å². The highest BCUT2D eigenvalue weighted by molar-refractivity contribution is 7.98. The number of carboxylic acids is 1. The van der Waals surface area contributed by atoms with E-state index in [0.29, 0.717) is 11.1 Å². The van der Waals surface area contributed by atoms with Crippen LogP contribution in [0.15, 0.2) is 24.3 Å². The van der Waals surface area contributed by atoms with Crippen molar-refractivity contribution in [1.82, 2.24) is 4.90 Å². The molecule has 0 fully saturated rings. The monoisotopic (exact) mass is 281 g/mol. The molecule has 1 aromatic carbocycles. The van der Waals surface area contributed by atoms with E-state index in [2.05, 4.69) is 0 Å². The number of nitrogens with zero attached hydrogens (tertiary/aromatic N) is 1. The molecular formula is C14H19NO3S. The van der Waals surface area contributed by atoms with Crippen molar-refractivity contribution < 1.29 is 14.7 Å². The molecule has 0 aliphatic rings. The van der Waals surface area contributed by atoms with Crippen LogP contribution in [0.1, 0.15) is 22.8 Å². The van der Waals surface area contributed by atoms with Crippen LogP contribution in [0.5, 0.6) is 0 Å². The average molecular weight is 281 g/mol. The van der Waals surface area contributed by atoms with Gasteiger partial charge in [0.05, 0.1) is 6.42 Å². The number of rotatable bonds is 6. The first kappa shape index (κ1) is 15.6. The number of carboxylic acid groups (broad SMARTS) is 1. The van der Waals surface area contributed by atoms with Crippen LogP contribution in [0.2, 0.25) is 0 Å². The molecule has 5 heteroatoms. The summed E-state index contributed by atoms with van der Waals surface area (Å²) in [4.78, 5) is 24.9. The maximum atomic E-state index is 12.4. The van der Waals surface area contributed by atoms with E-state index in [1.165, 1.54) is 0 Å². The van der Waals surface area contributed by atoms with Gasteiger partial charge in [0.2, 0.25) is 0 Å². The van der Waals surface area contributed by atoms with E-state index in [4.69, 9.17) is 5.11 Å². The van der Waals surface area contributed by atoms with Crippen molar-refractivity contribution >= 4 is 23.6 Å². The molecular weight excluding hydrogens is 262 g/mol. The SMILES string of the molecule is CSCC(C)N(C)C(=O)c1ccccc1CC(=O)O. The Hall–Kier alpha value is -1.49. The van der Waals surface area contributed by atoms with Gasteiger partial charge in [0.1, 0.15) is 0 Å². The molecule has 4 nitrogen and oxygen atoms in total. The normalized spacial score (nSPS) is 11.9. The average Bonchev–Trinajstić information content (AvgIpc) is 2.37. The second kappa shape index (κ2) is 7.19. The Morgan fingerprint density at radius 1 is 1.37 bits per heavy atom. The van der Waals surface area contributed by atoms with Gasteiger partial charge in [0.15, 0.2) is 0 Å².